The standard InChI is InChI=1S/C24H29N5O/c1-15-12-28(13-19(15)23(2,3)30)21-9-22(26-14-25-21)29-20-8-16(4-5-17(20)11-27-29)18-10-24(18)6-7-24/h4-5,8-9,11,14-15,18-19,30H,6-7,10,12-13H2,1-3H3/t15?,18-,19?/m0/s1. The highest BCUT2D eigenvalue weighted by molar-refractivity contribution is 5.81. The van der Waals surface area contributed by atoms with Gasteiger partial charge in [-0.25, -0.2) is 14.6 Å². The van der Waals surface area contributed by atoms with Gasteiger partial charge in [-0.05, 0) is 62.0 Å². The number of rotatable bonds is 4. The quantitative estimate of drug-likeness (QED) is 0.715. The number of hydrogen-bond acceptors (Lipinski definition) is 5. The van der Waals surface area contributed by atoms with Crippen LogP contribution in [0.2, 0.25) is 0 Å². The minimum Gasteiger partial charge on any atom is -0.390 e. The Hall–Kier alpha value is -2.47. The summed E-state index contributed by atoms with van der Waals surface area (Å²) in [5.41, 5.74) is 2.51. The van der Waals surface area contributed by atoms with Gasteiger partial charge in [-0.1, -0.05) is 19.1 Å². The van der Waals surface area contributed by atoms with Crippen LogP contribution in [0.25, 0.3) is 16.7 Å². The lowest BCUT2D eigenvalue weighted by atomic mass is 9.84. The highest BCUT2D eigenvalue weighted by Crippen LogP contribution is 2.75. The molecule has 6 heteroatoms. The van der Waals surface area contributed by atoms with Gasteiger partial charge >= 0.3 is 0 Å². The van der Waals surface area contributed by atoms with Crippen molar-refractivity contribution < 1.29 is 5.11 Å². The monoisotopic (exact) mass is 403 g/mol. The fourth-order valence-electron chi connectivity index (χ4n) is 5.67. The van der Waals surface area contributed by atoms with E-state index in [0.717, 1.165) is 41.5 Å². The Labute approximate surface area is 176 Å². The molecule has 0 radical (unpaired) electrons. The highest BCUT2D eigenvalue weighted by atomic mass is 16.3. The van der Waals surface area contributed by atoms with Crippen molar-refractivity contribution in [2.45, 2.75) is 51.6 Å². The normalized spacial score (nSPS) is 27.2. The van der Waals surface area contributed by atoms with Gasteiger partial charge in [-0.3, -0.25) is 0 Å². The van der Waals surface area contributed by atoms with Crippen molar-refractivity contribution in [2.24, 2.45) is 17.3 Å². The summed E-state index contributed by atoms with van der Waals surface area (Å²) in [6.07, 6.45) is 7.68. The first-order chi connectivity index (χ1) is 14.3. The molecule has 1 spiro atoms. The number of aliphatic hydroxyl groups is 1. The summed E-state index contributed by atoms with van der Waals surface area (Å²) in [6, 6.07) is 8.81. The fourth-order valence-corrected chi connectivity index (χ4v) is 5.67. The molecule has 0 amide bonds. The molecule has 2 aliphatic carbocycles. The zero-order chi connectivity index (χ0) is 20.7. The van der Waals surface area contributed by atoms with Crippen molar-refractivity contribution >= 4 is 16.7 Å². The summed E-state index contributed by atoms with van der Waals surface area (Å²) in [4.78, 5) is 11.3. The van der Waals surface area contributed by atoms with Gasteiger partial charge in [-0.2, -0.15) is 5.10 Å². The van der Waals surface area contributed by atoms with E-state index in [9.17, 15) is 5.11 Å². The lowest BCUT2D eigenvalue weighted by Crippen LogP contribution is -2.35. The van der Waals surface area contributed by atoms with E-state index in [1.807, 2.05) is 30.8 Å². The van der Waals surface area contributed by atoms with Crippen LogP contribution >= 0.6 is 0 Å². The Kier molecular flexibility index (Phi) is 3.68. The van der Waals surface area contributed by atoms with Gasteiger partial charge < -0.3 is 10.0 Å². The van der Waals surface area contributed by atoms with Gasteiger partial charge in [0.1, 0.15) is 12.1 Å². The Bertz CT molecular complexity index is 1130. The van der Waals surface area contributed by atoms with E-state index in [-0.39, 0.29) is 5.92 Å². The van der Waals surface area contributed by atoms with Gasteiger partial charge in [0, 0.05) is 30.5 Å². The van der Waals surface area contributed by atoms with Gasteiger partial charge in [0.25, 0.3) is 0 Å². The second kappa shape index (κ2) is 6.03. The largest absolute Gasteiger partial charge is 0.390 e. The molecule has 6 rings (SSSR count). The summed E-state index contributed by atoms with van der Waals surface area (Å²) in [6.45, 7) is 7.70. The molecule has 1 N–H and O–H groups in total. The third-order valence-electron chi connectivity index (χ3n) is 7.78. The van der Waals surface area contributed by atoms with Gasteiger partial charge in [0.05, 0.1) is 17.3 Å². The molecule has 3 aromatic rings. The first-order valence-corrected chi connectivity index (χ1v) is 11.1. The van der Waals surface area contributed by atoms with Crippen molar-refractivity contribution in [2.75, 3.05) is 18.0 Å². The maximum absolute atomic E-state index is 10.5. The molecule has 156 valence electrons. The highest BCUT2D eigenvalue weighted by Gasteiger charge is 2.62. The lowest BCUT2D eigenvalue weighted by molar-refractivity contribution is 0.0105. The molecule has 3 atom stereocenters. The average Bonchev–Trinajstić information content (AvgIpc) is 3.55. The number of nitrogens with zero attached hydrogens (tertiary/aromatic N) is 5. The number of hydrogen-bond donors (Lipinski definition) is 1. The van der Waals surface area contributed by atoms with Crippen LogP contribution in [0, 0.1) is 17.3 Å². The molecule has 1 aliphatic heterocycles. The summed E-state index contributed by atoms with van der Waals surface area (Å²) in [7, 11) is 0. The van der Waals surface area contributed by atoms with Crippen LogP contribution in [-0.4, -0.2) is 43.5 Å². The van der Waals surface area contributed by atoms with Crippen molar-refractivity contribution in [3.05, 3.63) is 42.4 Å². The van der Waals surface area contributed by atoms with E-state index in [1.54, 1.807) is 6.33 Å². The van der Waals surface area contributed by atoms with E-state index in [0.29, 0.717) is 11.3 Å². The van der Waals surface area contributed by atoms with Gasteiger partial charge in [0.2, 0.25) is 0 Å². The molecule has 3 aliphatic rings. The smallest absolute Gasteiger partial charge is 0.159 e. The van der Waals surface area contributed by atoms with Crippen molar-refractivity contribution in [3.8, 4) is 5.82 Å². The predicted octanol–water partition coefficient (Wildman–Crippen LogP) is 3.93. The van der Waals surface area contributed by atoms with E-state index >= 15 is 0 Å². The Morgan fingerprint density at radius 3 is 2.60 bits per heavy atom. The average molecular weight is 404 g/mol. The lowest BCUT2D eigenvalue weighted by Gasteiger charge is -2.28. The predicted molar refractivity (Wildman–Crippen MR) is 117 cm³/mol. The molecule has 2 aromatic heterocycles. The molecule has 1 aromatic carbocycles. The van der Waals surface area contributed by atoms with Crippen LogP contribution < -0.4 is 4.90 Å². The zero-order valence-electron chi connectivity index (χ0n) is 17.9. The van der Waals surface area contributed by atoms with E-state index in [4.69, 9.17) is 0 Å². The van der Waals surface area contributed by atoms with Crippen molar-refractivity contribution in [1.29, 1.82) is 0 Å². The minimum absolute atomic E-state index is 0.220. The minimum atomic E-state index is -0.694. The van der Waals surface area contributed by atoms with E-state index in [1.165, 1.54) is 24.8 Å². The van der Waals surface area contributed by atoms with E-state index in [2.05, 4.69) is 45.1 Å². The molecular weight excluding hydrogens is 374 g/mol. The number of anilines is 1. The SMILES string of the molecule is CC1CN(c2cc(-n3ncc4ccc([C@@H]5CC56CC6)cc43)ncn2)CC1C(C)(C)O. The van der Waals surface area contributed by atoms with Crippen LogP contribution in [0.4, 0.5) is 5.82 Å². The first kappa shape index (κ1) is 18.3. The summed E-state index contributed by atoms with van der Waals surface area (Å²) in [5, 5.41) is 16.3. The van der Waals surface area contributed by atoms with Gasteiger partial charge in [0.15, 0.2) is 5.82 Å². The molecule has 6 nitrogen and oxygen atoms in total. The van der Waals surface area contributed by atoms with Crippen LogP contribution in [0.3, 0.4) is 0 Å². The van der Waals surface area contributed by atoms with Crippen molar-refractivity contribution in [3.63, 3.8) is 0 Å². The molecule has 2 unspecified atom stereocenters. The van der Waals surface area contributed by atoms with Crippen LogP contribution in [0.15, 0.2) is 36.8 Å². The van der Waals surface area contributed by atoms with Crippen LogP contribution in [0.1, 0.15) is 51.5 Å². The maximum Gasteiger partial charge on any atom is 0.159 e. The molecule has 3 heterocycles. The molecule has 0 bridgehead atoms. The number of benzene rings is 1. The molecular formula is C24H29N5O. The Morgan fingerprint density at radius 2 is 1.90 bits per heavy atom. The number of fused-ring (bicyclic) bond motifs is 1. The molecule has 3 fully saturated rings. The third-order valence-corrected chi connectivity index (χ3v) is 7.78. The molecule has 1 saturated heterocycles. The third kappa shape index (κ3) is 2.84. The Balaban J connectivity index is 1.33. The van der Waals surface area contributed by atoms with Gasteiger partial charge in [-0.15, -0.1) is 0 Å². The topological polar surface area (TPSA) is 67.1 Å². The summed E-state index contributed by atoms with van der Waals surface area (Å²) in [5.74, 6) is 3.05. The molecule has 2 saturated carbocycles. The van der Waals surface area contributed by atoms with E-state index < -0.39 is 5.60 Å². The zero-order valence-corrected chi connectivity index (χ0v) is 17.9. The number of aromatic nitrogens is 4. The second-order valence-corrected chi connectivity index (χ2v) is 10.4. The van der Waals surface area contributed by atoms with Crippen LogP contribution in [0.5, 0.6) is 0 Å². The van der Waals surface area contributed by atoms with Crippen LogP contribution in [-0.2, 0) is 0 Å². The fraction of sp³-hybridized carbons (Fsp3) is 0.542. The molecule has 30 heavy (non-hydrogen) atoms. The summed E-state index contributed by atoms with van der Waals surface area (Å²) >= 11 is 0. The second-order valence-electron chi connectivity index (χ2n) is 10.4. The summed E-state index contributed by atoms with van der Waals surface area (Å²) < 4.78 is 1.94. The maximum atomic E-state index is 10.5. The Morgan fingerprint density at radius 1 is 1.10 bits per heavy atom. The van der Waals surface area contributed by atoms with Crippen molar-refractivity contribution in [1.82, 2.24) is 19.7 Å². The first-order valence-electron chi connectivity index (χ1n) is 11.1.